The first-order valence-electron chi connectivity index (χ1n) is 6.14. The molecule has 0 spiro atoms. The van der Waals surface area contributed by atoms with Gasteiger partial charge in [0.2, 0.25) is 0 Å². The second-order valence-electron chi connectivity index (χ2n) is 4.37. The molecule has 2 aromatic rings. The van der Waals surface area contributed by atoms with E-state index in [9.17, 15) is 0 Å². The highest BCUT2D eigenvalue weighted by Gasteiger charge is 2.11. The third kappa shape index (κ3) is 2.80. The van der Waals surface area contributed by atoms with E-state index in [-0.39, 0.29) is 0 Å². The topological polar surface area (TPSA) is 46.8 Å². The summed E-state index contributed by atoms with van der Waals surface area (Å²) in [5.41, 5.74) is 0.882. The summed E-state index contributed by atoms with van der Waals surface area (Å²) in [6, 6.07) is 0. The molecular formula is C12H18BrN5. The van der Waals surface area contributed by atoms with Gasteiger partial charge in [-0.3, -0.25) is 4.68 Å². The fraction of sp³-hybridized carbons (Fsp3) is 0.583. The third-order valence-corrected chi connectivity index (χ3v) is 3.56. The van der Waals surface area contributed by atoms with Crippen molar-refractivity contribution >= 4 is 32.8 Å². The summed E-state index contributed by atoms with van der Waals surface area (Å²) in [7, 11) is 3.97. The lowest BCUT2D eigenvalue weighted by Crippen LogP contribution is -2.20. The molecule has 0 aliphatic rings. The van der Waals surface area contributed by atoms with Crippen molar-refractivity contribution in [1.29, 1.82) is 0 Å². The van der Waals surface area contributed by atoms with Gasteiger partial charge in [-0.2, -0.15) is 5.10 Å². The van der Waals surface area contributed by atoms with Crippen molar-refractivity contribution in [2.75, 3.05) is 23.8 Å². The summed E-state index contributed by atoms with van der Waals surface area (Å²) in [5.74, 6) is 0.965. The van der Waals surface area contributed by atoms with E-state index in [2.05, 4.69) is 42.9 Å². The van der Waals surface area contributed by atoms with Gasteiger partial charge in [0.25, 0.3) is 0 Å². The van der Waals surface area contributed by atoms with Crippen molar-refractivity contribution in [3.05, 3.63) is 12.5 Å². The normalized spacial score (nSPS) is 11.1. The monoisotopic (exact) mass is 311 g/mol. The van der Waals surface area contributed by atoms with Crippen LogP contribution >= 0.6 is 15.9 Å². The molecule has 0 aromatic carbocycles. The Bertz CT molecular complexity index is 510. The maximum Gasteiger partial charge on any atom is 0.163 e. The fourth-order valence-corrected chi connectivity index (χ4v) is 2.38. The standard InChI is InChI=1S/C12H18BrN5/c1-17(7-5-3-4-6-13)11-10-8-16-18(2)12(10)15-9-14-11/h8-9H,3-7H2,1-2H3. The van der Waals surface area contributed by atoms with Crippen LogP contribution in [0.4, 0.5) is 5.82 Å². The van der Waals surface area contributed by atoms with E-state index < -0.39 is 0 Å². The van der Waals surface area contributed by atoms with E-state index in [1.807, 2.05) is 13.2 Å². The second kappa shape index (κ2) is 6.13. The molecule has 0 aliphatic heterocycles. The Balaban J connectivity index is 2.10. The Morgan fingerprint density at radius 3 is 2.89 bits per heavy atom. The number of rotatable bonds is 6. The van der Waals surface area contributed by atoms with Gasteiger partial charge in [0.15, 0.2) is 5.65 Å². The summed E-state index contributed by atoms with van der Waals surface area (Å²) in [4.78, 5) is 10.8. The van der Waals surface area contributed by atoms with Crippen LogP contribution in [0, 0.1) is 0 Å². The van der Waals surface area contributed by atoms with Crippen LogP contribution in [0.15, 0.2) is 12.5 Å². The maximum absolute atomic E-state index is 4.37. The van der Waals surface area contributed by atoms with E-state index >= 15 is 0 Å². The highest BCUT2D eigenvalue weighted by atomic mass is 79.9. The Hall–Kier alpha value is -1.17. The van der Waals surface area contributed by atoms with Gasteiger partial charge in [-0.15, -0.1) is 0 Å². The zero-order valence-electron chi connectivity index (χ0n) is 10.8. The zero-order valence-corrected chi connectivity index (χ0v) is 12.4. The van der Waals surface area contributed by atoms with Gasteiger partial charge in [0.1, 0.15) is 12.1 Å². The fourth-order valence-electron chi connectivity index (χ4n) is 1.98. The first kappa shape index (κ1) is 13.3. The Morgan fingerprint density at radius 2 is 2.11 bits per heavy atom. The highest BCUT2D eigenvalue weighted by molar-refractivity contribution is 9.09. The molecule has 0 atom stereocenters. The van der Waals surface area contributed by atoms with Crippen molar-refractivity contribution in [2.45, 2.75) is 19.3 Å². The smallest absolute Gasteiger partial charge is 0.163 e. The third-order valence-electron chi connectivity index (χ3n) is 3.00. The van der Waals surface area contributed by atoms with Crippen LogP contribution in [0.5, 0.6) is 0 Å². The molecule has 2 rings (SSSR count). The van der Waals surface area contributed by atoms with Gasteiger partial charge < -0.3 is 4.90 Å². The van der Waals surface area contributed by atoms with E-state index in [1.165, 1.54) is 19.3 Å². The van der Waals surface area contributed by atoms with Crippen LogP contribution < -0.4 is 4.90 Å². The number of fused-ring (bicyclic) bond motifs is 1. The van der Waals surface area contributed by atoms with Gasteiger partial charge >= 0.3 is 0 Å². The number of alkyl halides is 1. The lowest BCUT2D eigenvalue weighted by atomic mass is 10.2. The molecule has 0 bridgehead atoms. The summed E-state index contributed by atoms with van der Waals surface area (Å²) >= 11 is 3.45. The van der Waals surface area contributed by atoms with Gasteiger partial charge in [0.05, 0.1) is 11.6 Å². The van der Waals surface area contributed by atoms with Crippen LogP contribution in [0.2, 0.25) is 0 Å². The summed E-state index contributed by atoms with van der Waals surface area (Å²) in [6.07, 6.45) is 7.07. The molecule has 0 amide bonds. The molecule has 0 fully saturated rings. The number of aromatic nitrogens is 4. The highest BCUT2D eigenvalue weighted by Crippen LogP contribution is 2.21. The molecule has 0 aliphatic carbocycles. The summed E-state index contributed by atoms with van der Waals surface area (Å²) < 4.78 is 1.78. The number of nitrogens with zero attached hydrogens (tertiary/aromatic N) is 5. The van der Waals surface area contributed by atoms with E-state index in [4.69, 9.17) is 0 Å². The first-order chi connectivity index (χ1) is 8.74. The zero-order chi connectivity index (χ0) is 13.0. The minimum Gasteiger partial charge on any atom is -0.359 e. The number of halogens is 1. The van der Waals surface area contributed by atoms with Crippen molar-refractivity contribution < 1.29 is 0 Å². The second-order valence-corrected chi connectivity index (χ2v) is 5.17. The molecule has 2 aromatic heterocycles. The van der Waals surface area contributed by atoms with E-state index in [0.29, 0.717) is 0 Å². The molecule has 0 unspecified atom stereocenters. The average Bonchev–Trinajstić information content (AvgIpc) is 2.76. The van der Waals surface area contributed by atoms with Crippen LogP contribution in [-0.2, 0) is 7.05 Å². The molecule has 0 N–H and O–H groups in total. The van der Waals surface area contributed by atoms with Crippen molar-refractivity contribution in [2.24, 2.45) is 7.05 Å². The van der Waals surface area contributed by atoms with E-state index in [0.717, 1.165) is 28.7 Å². The van der Waals surface area contributed by atoms with Gasteiger partial charge in [-0.1, -0.05) is 22.4 Å². The molecule has 6 heteroatoms. The van der Waals surface area contributed by atoms with Crippen LogP contribution in [0.3, 0.4) is 0 Å². The lowest BCUT2D eigenvalue weighted by molar-refractivity contribution is 0.707. The summed E-state index contributed by atoms with van der Waals surface area (Å²) in [5, 5.41) is 6.33. The van der Waals surface area contributed by atoms with Crippen molar-refractivity contribution in [1.82, 2.24) is 19.7 Å². The van der Waals surface area contributed by atoms with E-state index in [1.54, 1.807) is 11.0 Å². The Kier molecular flexibility index (Phi) is 4.52. The van der Waals surface area contributed by atoms with Gasteiger partial charge in [-0.25, -0.2) is 9.97 Å². The number of aryl methyl sites for hydroxylation is 1. The maximum atomic E-state index is 4.37. The first-order valence-corrected chi connectivity index (χ1v) is 7.26. The van der Waals surface area contributed by atoms with Crippen molar-refractivity contribution in [3.8, 4) is 0 Å². The number of anilines is 1. The number of hydrogen-bond acceptors (Lipinski definition) is 4. The molecule has 0 saturated carbocycles. The quantitative estimate of drug-likeness (QED) is 0.607. The molecule has 18 heavy (non-hydrogen) atoms. The summed E-state index contributed by atoms with van der Waals surface area (Å²) in [6.45, 7) is 1.01. The SMILES string of the molecule is CN(CCCCCBr)c1ncnc2c1cnn2C. The number of unbranched alkanes of at least 4 members (excludes halogenated alkanes) is 2. The Labute approximate surface area is 115 Å². The molecule has 98 valence electrons. The minimum absolute atomic E-state index is 0.882. The minimum atomic E-state index is 0.882. The molecule has 5 nitrogen and oxygen atoms in total. The molecule has 2 heterocycles. The lowest BCUT2D eigenvalue weighted by Gasteiger charge is -2.18. The van der Waals surface area contributed by atoms with Crippen molar-refractivity contribution in [3.63, 3.8) is 0 Å². The molecule has 0 saturated heterocycles. The van der Waals surface area contributed by atoms with Crippen LogP contribution in [0.25, 0.3) is 11.0 Å². The van der Waals surface area contributed by atoms with Crippen LogP contribution in [0.1, 0.15) is 19.3 Å². The predicted octanol–water partition coefficient (Wildman–Crippen LogP) is 2.36. The van der Waals surface area contributed by atoms with Gasteiger partial charge in [0, 0.05) is 26.0 Å². The largest absolute Gasteiger partial charge is 0.359 e. The molecule has 0 radical (unpaired) electrons. The van der Waals surface area contributed by atoms with Crippen LogP contribution in [-0.4, -0.2) is 38.7 Å². The Morgan fingerprint density at radius 1 is 1.28 bits per heavy atom. The van der Waals surface area contributed by atoms with Gasteiger partial charge in [-0.05, 0) is 12.8 Å². The predicted molar refractivity (Wildman–Crippen MR) is 77.2 cm³/mol. The average molecular weight is 312 g/mol. The number of hydrogen-bond donors (Lipinski definition) is 0. The molecular weight excluding hydrogens is 294 g/mol.